The van der Waals surface area contributed by atoms with Crippen LogP contribution in [0.1, 0.15) is 113 Å². The smallest absolute Gasteiger partial charge is 0.111 e. The third-order valence-electron chi connectivity index (χ3n) is 15.7. The van der Waals surface area contributed by atoms with Gasteiger partial charge in [0.15, 0.2) is 0 Å². The van der Waals surface area contributed by atoms with Crippen LogP contribution in [-0.4, -0.2) is 68.8 Å². The van der Waals surface area contributed by atoms with Crippen LogP contribution in [0.3, 0.4) is 0 Å². The Hall–Kier alpha value is -0.500. The van der Waals surface area contributed by atoms with Crippen molar-refractivity contribution in [3.05, 3.63) is 11.6 Å². The van der Waals surface area contributed by atoms with E-state index in [0.717, 1.165) is 44.9 Å². The minimum atomic E-state index is -1.31. The molecule has 0 radical (unpaired) electrons. The molecule has 0 aromatic rings. The number of ether oxygens (including phenoxy) is 1. The Balaban J connectivity index is 1.38. The Labute approximate surface area is 254 Å². The first-order chi connectivity index (χ1) is 19.6. The van der Waals surface area contributed by atoms with Gasteiger partial charge in [-0.15, -0.1) is 0 Å². The first kappa shape index (κ1) is 31.5. The molecule has 15 atom stereocenters. The van der Waals surface area contributed by atoms with E-state index in [4.69, 9.17) is 4.74 Å². The second-order valence-corrected chi connectivity index (χ2v) is 17.5. The van der Waals surface area contributed by atoms with E-state index in [1.54, 1.807) is 5.57 Å². The van der Waals surface area contributed by atoms with Gasteiger partial charge in [0.25, 0.3) is 0 Å². The minimum Gasteiger partial charge on any atom is -0.394 e. The van der Waals surface area contributed by atoms with Gasteiger partial charge in [0.2, 0.25) is 0 Å². The fraction of sp³-hybridized carbons (Fsp3) is 0.944. The van der Waals surface area contributed by atoms with Gasteiger partial charge >= 0.3 is 0 Å². The summed E-state index contributed by atoms with van der Waals surface area (Å²) in [5, 5.41) is 53.1. The molecule has 0 aromatic heterocycles. The molecule has 4 saturated carbocycles. The molecule has 5 fully saturated rings. The van der Waals surface area contributed by atoms with Gasteiger partial charge in [0.05, 0.1) is 18.8 Å². The van der Waals surface area contributed by atoms with Gasteiger partial charge in [-0.25, -0.2) is 0 Å². The molecule has 5 aliphatic carbocycles. The van der Waals surface area contributed by atoms with Crippen molar-refractivity contribution in [3.63, 3.8) is 0 Å². The third-order valence-corrected chi connectivity index (χ3v) is 15.7. The molecule has 0 aromatic carbocycles. The van der Waals surface area contributed by atoms with Crippen molar-refractivity contribution in [1.29, 1.82) is 0 Å². The molecule has 1 saturated heterocycles. The number of hydrogen-bond acceptors (Lipinski definition) is 6. The number of aliphatic hydroxyl groups is 5. The summed E-state index contributed by atoms with van der Waals surface area (Å²) in [4.78, 5) is 0. The Morgan fingerprint density at radius 2 is 1.48 bits per heavy atom. The topological polar surface area (TPSA) is 110 Å². The molecule has 6 rings (SSSR count). The zero-order valence-corrected chi connectivity index (χ0v) is 27.4. The van der Waals surface area contributed by atoms with Gasteiger partial charge in [-0.2, -0.15) is 0 Å². The molecule has 0 bridgehead atoms. The normalized spacial score (nSPS) is 57.2. The Bertz CT molecular complexity index is 1070. The standard InChI is InChI=1S/C36H60O6/c1-20-10-15-36(18-23-29(39)31(41)30(40)24(19-37)42-23)17-16-34(6)22(28(36)21(20)2)8-9-26-33(5)13-12-27(38)32(3,4)25(33)11-14-35(26,34)7/h8,20-21,23-31,37-41H,9-19H2,1-7H3/t20-,21+,23+,24?,25?,26?,27+,28?,29?,30-,31?,33+,34-,35-,36-/m1/s1. The van der Waals surface area contributed by atoms with Crippen molar-refractivity contribution in [2.24, 2.45) is 56.7 Å². The molecule has 6 heteroatoms. The number of fused-ring (bicyclic) bond motifs is 7. The summed E-state index contributed by atoms with van der Waals surface area (Å²) in [6.07, 6.45) is 7.79. The average molecular weight is 589 g/mol. The van der Waals surface area contributed by atoms with E-state index < -0.39 is 30.5 Å². The summed E-state index contributed by atoms with van der Waals surface area (Å²) < 4.78 is 6.16. The highest BCUT2D eigenvalue weighted by Gasteiger charge is 2.68. The van der Waals surface area contributed by atoms with Crippen LogP contribution in [-0.2, 0) is 4.74 Å². The predicted molar refractivity (Wildman–Crippen MR) is 163 cm³/mol. The van der Waals surface area contributed by atoms with Crippen LogP contribution in [0.2, 0.25) is 0 Å². The molecule has 5 N–H and O–H groups in total. The summed E-state index contributed by atoms with van der Waals surface area (Å²) in [5.41, 5.74) is 2.06. The van der Waals surface area contributed by atoms with Crippen LogP contribution >= 0.6 is 0 Å². The molecule has 1 heterocycles. The quantitative estimate of drug-likeness (QED) is 0.289. The summed E-state index contributed by atoms with van der Waals surface area (Å²) >= 11 is 0. The minimum absolute atomic E-state index is 0.0355. The first-order valence-electron chi connectivity index (χ1n) is 17.3. The molecule has 6 aliphatic rings. The van der Waals surface area contributed by atoms with Crippen molar-refractivity contribution in [3.8, 4) is 0 Å². The van der Waals surface area contributed by atoms with E-state index in [9.17, 15) is 25.5 Å². The van der Waals surface area contributed by atoms with Crippen LogP contribution < -0.4 is 0 Å². The highest BCUT2D eigenvalue weighted by Crippen LogP contribution is 2.76. The number of aliphatic hydroxyl groups excluding tert-OH is 5. The van der Waals surface area contributed by atoms with Gasteiger partial charge in [-0.3, -0.25) is 0 Å². The van der Waals surface area contributed by atoms with E-state index >= 15 is 0 Å². The number of rotatable bonds is 3. The summed E-state index contributed by atoms with van der Waals surface area (Å²) in [6, 6.07) is 0. The van der Waals surface area contributed by atoms with Gasteiger partial charge in [-0.1, -0.05) is 60.1 Å². The van der Waals surface area contributed by atoms with Crippen molar-refractivity contribution in [2.45, 2.75) is 149 Å². The molecule has 6 nitrogen and oxygen atoms in total. The predicted octanol–water partition coefficient (Wildman–Crippen LogP) is 5.24. The second-order valence-electron chi connectivity index (χ2n) is 17.5. The van der Waals surface area contributed by atoms with Crippen LogP contribution in [0.5, 0.6) is 0 Å². The van der Waals surface area contributed by atoms with Crippen LogP contribution in [0.25, 0.3) is 0 Å². The lowest BCUT2D eigenvalue weighted by molar-refractivity contribution is -0.243. The fourth-order valence-corrected chi connectivity index (χ4v) is 12.7. The third kappa shape index (κ3) is 4.10. The summed E-state index contributed by atoms with van der Waals surface area (Å²) in [6.45, 7) is 16.9. The van der Waals surface area contributed by atoms with Crippen molar-refractivity contribution in [2.75, 3.05) is 6.61 Å². The lowest BCUT2D eigenvalue weighted by Gasteiger charge is -2.72. The van der Waals surface area contributed by atoms with Gasteiger partial charge in [0, 0.05) is 0 Å². The van der Waals surface area contributed by atoms with Crippen LogP contribution in [0.15, 0.2) is 11.6 Å². The number of allylic oxidation sites excluding steroid dienone is 2. The Morgan fingerprint density at radius 3 is 2.17 bits per heavy atom. The molecule has 6 unspecified atom stereocenters. The van der Waals surface area contributed by atoms with E-state index in [1.807, 2.05) is 0 Å². The lowest BCUT2D eigenvalue weighted by atomic mass is 9.33. The summed E-state index contributed by atoms with van der Waals surface area (Å²) in [7, 11) is 0. The first-order valence-corrected chi connectivity index (χ1v) is 17.3. The van der Waals surface area contributed by atoms with E-state index in [0.29, 0.717) is 36.0 Å². The molecular weight excluding hydrogens is 528 g/mol. The fourth-order valence-electron chi connectivity index (χ4n) is 12.7. The highest BCUT2D eigenvalue weighted by molar-refractivity contribution is 5.34. The zero-order chi connectivity index (χ0) is 30.6. The molecule has 42 heavy (non-hydrogen) atoms. The molecule has 0 spiro atoms. The van der Waals surface area contributed by atoms with E-state index in [-0.39, 0.29) is 39.8 Å². The maximum atomic E-state index is 11.1. The zero-order valence-electron chi connectivity index (χ0n) is 27.4. The van der Waals surface area contributed by atoms with Crippen LogP contribution in [0.4, 0.5) is 0 Å². The molecular formula is C36H60O6. The van der Waals surface area contributed by atoms with E-state index in [2.05, 4.69) is 54.5 Å². The largest absolute Gasteiger partial charge is 0.394 e. The second kappa shape index (κ2) is 10.3. The monoisotopic (exact) mass is 588 g/mol. The summed E-state index contributed by atoms with van der Waals surface area (Å²) in [5.74, 6) is 2.64. The van der Waals surface area contributed by atoms with Gasteiger partial charge < -0.3 is 30.3 Å². The van der Waals surface area contributed by atoms with Crippen LogP contribution in [0, 0.1) is 56.7 Å². The van der Waals surface area contributed by atoms with Crippen molar-refractivity contribution < 1.29 is 30.3 Å². The highest BCUT2D eigenvalue weighted by atomic mass is 16.5. The Morgan fingerprint density at radius 1 is 0.786 bits per heavy atom. The van der Waals surface area contributed by atoms with Crippen molar-refractivity contribution in [1.82, 2.24) is 0 Å². The SMILES string of the molecule is C[C@@H]1CC[C@]2(C[C@@H]3OC(CO)[C@@H](O)C(O)C3O)CC[C@]3(C)C(=CCC4[C@@]5(C)CC[C@H](O)C(C)(C)C5CC[C@]43C)C2[C@H]1C. The number of hydrogen-bond donors (Lipinski definition) is 5. The molecule has 0 amide bonds. The van der Waals surface area contributed by atoms with E-state index in [1.165, 1.54) is 12.8 Å². The van der Waals surface area contributed by atoms with Crippen molar-refractivity contribution >= 4 is 0 Å². The lowest BCUT2D eigenvalue weighted by Crippen LogP contribution is -2.65. The van der Waals surface area contributed by atoms with Gasteiger partial charge in [0.1, 0.15) is 24.4 Å². The average Bonchev–Trinajstić information content (AvgIpc) is 2.94. The molecule has 1 aliphatic heterocycles. The molecule has 240 valence electrons. The maximum absolute atomic E-state index is 11.1. The van der Waals surface area contributed by atoms with Gasteiger partial charge in [-0.05, 0) is 121 Å². The Kier molecular flexibility index (Phi) is 7.69. The maximum Gasteiger partial charge on any atom is 0.111 e.